The summed E-state index contributed by atoms with van der Waals surface area (Å²) in [5.74, 6) is -2.03. The lowest BCUT2D eigenvalue weighted by Crippen LogP contribution is -2.31. The van der Waals surface area contributed by atoms with Gasteiger partial charge in [0, 0.05) is 11.5 Å². The number of phenolic OH excluding ortho intramolecular Hbond substituents is 1. The van der Waals surface area contributed by atoms with Gasteiger partial charge in [0.15, 0.2) is 17.7 Å². The Hall–Kier alpha value is -4.85. The van der Waals surface area contributed by atoms with E-state index in [2.05, 4.69) is 5.32 Å². The van der Waals surface area contributed by atoms with Crippen molar-refractivity contribution in [3.63, 3.8) is 0 Å². The predicted molar refractivity (Wildman–Crippen MR) is 142 cm³/mol. The fourth-order valence-electron chi connectivity index (χ4n) is 4.04. The average molecular weight is 516 g/mol. The summed E-state index contributed by atoms with van der Waals surface area (Å²) in [6.07, 6.45) is 0.305. The molecule has 0 aliphatic heterocycles. The monoisotopic (exact) mass is 515 g/mol. The molecule has 0 fully saturated rings. The smallest absolute Gasteiger partial charge is 0.412 e. The molecular formula is C30H26FNO6. The number of allylic oxidation sites excluding steroid dienone is 1. The van der Waals surface area contributed by atoms with E-state index in [-0.39, 0.29) is 18.4 Å². The summed E-state index contributed by atoms with van der Waals surface area (Å²) in [5.41, 5.74) is 0.796. The minimum Gasteiger partial charge on any atom is -0.505 e. The normalized spacial score (nSPS) is 12.7. The lowest BCUT2D eigenvalue weighted by Gasteiger charge is -2.28. The number of aromatic hydroxyl groups is 1. The van der Waals surface area contributed by atoms with Gasteiger partial charge in [0.25, 0.3) is 0 Å². The summed E-state index contributed by atoms with van der Waals surface area (Å²) in [7, 11) is 0. The number of aliphatic carboxylic acids is 1. The molecule has 0 unspecified atom stereocenters. The Balaban J connectivity index is 1.65. The Labute approximate surface area is 218 Å². The van der Waals surface area contributed by atoms with Crippen molar-refractivity contribution >= 4 is 28.5 Å². The van der Waals surface area contributed by atoms with E-state index in [0.717, 1.165) is 22.9 Å². The number of carbonyl (C=O) groups excluding carboxylic acids is 1. The van der Waals surface area contributed by atoms with Crippen LogP contribution >= 0.6 is 0 Å². The number of fused-ring (bicyclic) bond motifs is 1. The van der Waals surface area contributed by atoms with Gasteiger partial charge in [-0.15, -0.1) is 0 Å². The van der Waals surface area contributed by atoms with E-state index in [1.807, 2.05) is 36.4 Å². The molecule has 4 rings (SSSR count). The molecule has 0 aliphatic rings. The van der Waals surface area contributed by atoms with Gasteiger partial charge in [-0.05, 0) is 54.1 Å². The van der Waals surface area contributed by atoms with Gasteiger partial charge in [0.05, 0.1) is 5.69 Å². The van der Waals surface area contributed by atoms with E-state index in [1.54, 1.807) is 36.4 Å². The Morgan fingerprint density at radius 1 is 0.947 bits per heavy atom. The second kappa shape index (κ2) is 12.4. The minimum absolute atomic E-state index is 0.243. The number of carboxylic acid groups (broad SMARTS) is 1. The third kappa shape index (κ3) is 6.88. The number of hydrogen-bond donors (Lipinski definition) is 3. The van der Waals surface area contributed by atoms with E-state index in [4.69, 9.17) is 14.6 Å². The highest BCUT2D eigenvalue weighted by molar-refractivity contribution is 6.00. The number of hydrogen-bond acceptors (Lipinski definition) is 5. The predicted octanol–water partition coefficient (Wildman–Crippen LogP) is 6.84. The molecular weight excluding hydrogens is 489 g/mol. The topological polar surface area (TPSA) is 105 Å². The van der Waals surface area contributed by atoms with Crippen molar-refractivity contribution in [2.24, 2.45) is 0 Å². The van der Waals surface area contributed by atoms with Crippen LogP contribution in [0.1, 0.15) is 24.5 Å². The van der Waals surface area contributed by atoms with Gasteiger partial charge in [-0.1, -0.05) is 66.7 Å². The van der Waals surface area contributed by atoms with Crippen LogP contribution in [0.4, 0.5) is 14.9 Å². The Morgan fingerprint density at radius 2 is 1.68 bits per heavy atom. The SMILES string of the molecule is O=C(O)/C=C/CC[C@H](Oc1ccccc1)[C@@H](OC(=O)Nc1cccc2ccccc12)c1ccc(O)c(F)c1. The summed E-state index contributed by atoms with van der Waals surface area (Å²) >= 11 is 0. The van der Waals surface area contributed by atoms with Crippen LogP contribution < -0.4 is 10.1 Å². The lowest BCUT2D eigenvalue weighted by atomic mass is 9.99. The molecule has 0 heterocycles. The molecule has 7 nitrogen and oxygen atoms in total. The first-order valence-corrected chi connectivity index (χ1v) is 12.0. The van der Waals surface area contributed by atoms with E-state index in [9.17, 15) is 19.1 Å². The van der Waals surface area contributed by atoms with Gasteiger partial charge in [0.2, 0.25) is 0 Å². The number of ether oxygens (including phenoxy) is 2. The number of para-hydroxylation sites is 1. The molecule has 8 heteroatoms. The van der Waals surface area contributed by atoms with E-state index in [0.29, 0.717) is 11.4 Å². The van der Waals surface area contributed by atoms with Gasteiger partial charge in [0.1, 0.15) is 11.9 Å². The summed E-state index contributed by atoms with van der Waals surface area (Å²) in [6, 6.07) is 25.5. The molecule has 0 saturated carbocycles. The van der Waals surface area contributed by atoms with E-state index < -0.39 is 35.8 Å². The van der Waals surface area contributed by atoms with Gasteiger partial charge < -0.3 is 19.7 Å². The van der Waals surface area contributed by atoms with Crippen LogP contribution in [0.2, 0.25) is 0 Å². The van der Waals surface area contributed by atoms with Crippen LogP contribution in [0.25, 0.3) is 10.8 Å². The van der Waals surface area contributed by atoms with Crippen molar-refractivity contribution in [1.82, 2.24) is 0 Å². The van der Waals surface area contributed by atoms with Crippen LogP contribution in [0, 0.1) is 5.82 Å². The molecule has 0 saturated heterocycles. The van der Waals surface area contributed by atoms with Crippen molar-refractivity contribution in [3.8, 4) is 11.5 Å². The fraction of sp³-hybridized carbons (Fsp3) is 0.133. The van der Waals surface area contributed by atoms with Gasteiger partial charge in [-0.2, -0.15) is 0 Å². The van der Waals surface area contributed by atoms with Crippen LogP contribution in [0.15, 0.2) is 103 Å². The molecule has 1 amide bonds. The molecule has 3 N–H and O–H groups in total. The molecule has 0 aromatic heterocycles. The summed E-state index contributed by atoms with van der Waals surface area (Å²) in [4.78, 5) is 24.1. The maximum atomic E-state index is 14.4. The zero-order valence-corrected chi connectivity index (χ0v) is 20.3. The highest BCUT2D eigenvalue weighted by atomic mass is 19.1. The summed E-state index contributed by atoms with van der Waals surface area (Å²) < 4.78 is 26.4. The fourth-order valence-corrected chi connectivity index (χ4v) is 4.04. The molecule has 0 radical (unpaired) electrons. The van der Waals surface area contributed by atoms with Crippen LogP contribution in [0.3, 0.4) is 0 Å². The number of benzene rings is 4. The van der Waals surface area contributed by atoms with Crippen molar-refractivity contribution < 1.29 is 33.7 Å². The number of anilines is 1. The molecule has 0 bridgehead atoms. The summed E-state index contributed by atoms with van der Waals surface area (Å²) in [5, 5.41) is 23.1. The lowest BCUT2D eigenvalue weighted by molar-refractivity contribution is -0.131. The summed E-state index contributed by atoms with van der Waals surface area (Å²) in [6.45, 7) is 0. The van der Waals surface area contributed by atoms with Gasteiger partial charge in [-0.25, -0.2) is 14.0 Å². The highest BCUT2D eigenvalue weighted by Gasteiger charge is 2.30. The average Bonchev–Trinajstić information content (AvgIpc) is 2.91. The maximum absolute atomic E-state index is 14.4. The quantitative estimate of drug-likeness (QED) is 0.200. The number of phenols is 1. The van der Waals surface area contributed by atoms with Gasteiger partial charge >= 0.3 is 12.1 Å². The number of carboxylic acids is 1. The number of amides is 1. The minimum atomic E-state index is -1.10. The van der Waals surface area contributed by atoms with E-state index in [1.165, 1.54) is 18.2 Å². The molecule has 2 atom stereocenters. The van der Waals surface area contributed by atoms with E-state index >= 15 is 0 Å². The van der Waals surface area contributed by atoms with Gasteiger partial charge in [-0.3, -0.25) is 5.32 Å². The Morgan fingerprint density at radius 3 is 2.45 bits per heavy atom. The van der Waals surface area contributed by atoms with Crippen molar-refractivity contribution in [3.05, 3.63) is 115 Å². The molecule has 4 aromatic rings. The Bertz CT molecular complexity index is 1430. The standard InChI is InChI=1S/C30H26FNO6/c31-24-19-21(17-18-26(24)33)29(27(15-6-7-16-28(34)35)37-22-11-2-1-3-12-22)38-30(36)32-25-14-8-10-20-9-4-5-13-23(20)25/h1-5,7-14,16-19,27,29,33H,6,15H2,(H,32,36)(H,34,35)/b16-7+/t27-,29-/m0/s1. The first-order valence-electron chi connectivity index (χ1n) is 12.0. The number of carbonyl (C=O) groups is 2. The first kappa shape index (κ1) is 26.2. The zero-order valence-electron chi connectivity index (χ0n) is 20.3. The molecule has 4 aromatic carbocycles. The second-order valence-electron chi connectivity index (χ2n) is 8.48. The van der Waals surface area contributed by atoms with Crippen molar-refractivity contribution in [2.75, 3.05) is 5.32 Å². The number of halogens is 1. The maximum Gasteiger partial charge on any atom is 0.412 e. The molecule has 194 valence electrons. The first-order chi connectivity index (χ1) is 18.4. The molecule has 38 heavy (non-hydrogen) atoms. The van der Waals surface area contributed by atoms with Crippen molar-refractivity contribution in [2.45, 2.75) is 25.0 Å². The molecule has 0 spiro atoms. The molecule has 0 aliphatic carbocycles. The van der Waals surface area contributed by atoms with Crippen LogP contribution in [0.5, 0.6) is 11.5 Å². The van der Waals surface area contributed by atoms with Crippen molar-refractivity contribution in [1.29, 1.82) is 0 Å². The van der Waals surface area contributed by atoms with Crippen LogP contribution in [-0.4, -0.2) is 28.4 Å². The zero-order chi connectivity index (χ0) is 26.9. The highest BCUT2D eigenvalue weighted by Crippen LogP contribution is 2.32. The second-order valence-corrected chi connectivity index (χ2v) is 8.48. The Kier molecular flexibility index (Phi) is 8.56. The van der Waals surface area contributed by atoms with Crippen LogP contribution in [-0.2, 0) is 9.53 Å². The largest absolute Gasteiger partial charge is 0.505 e. The number of nitrogens with one attached hydrogen (secondary N) is 1. The number of rotatable bonds is 10. The third-order valence-electron chi connectivity index (χ3n) is 5.81. The third-order valence-corrected chi connectivity index (χ3v) is 5.81.